The maximum absolute atomic E-state index is 11.7. The van der Waals surface area contributed by atoms with Gasteiger partial charge in [-0.1, -0.05) is 11.6 Å². The molecule has 0 radical (unpaired) electrons. The van der Waals surface area contributed by atoms with Gasteiger partial charge in [0.15, 0.2) is 0 Å². The van der Waals surface area contributed by atoms with Crippen molar-refractivity contribution in [3.05, 3.63) is 22.7 Å². The maximum atomic E-state index is 11.7. The maximum Gasteiger partial charge on any atom is 0.0910 e. The summed E-state index contributed by atoms with van der Waals surface area (Å²) in [6.45, 7) is 4.69. The number of nitrogens with one attached hydrogen (secondary N) is 1. The molecule has 1 unspecified atom stereocenters. The lowest BCUT2D eigenvalue weighted by molar-refractivity contribution is 0.552. The largest absolute Gasteiger partial charge is 0.366 e. The summed E-state index contributed by atoms with van der Waals surface area (Å²) in [5.74, 6) is 0. The van der Waals surface area contributed by atoms with Crippen molar-refractivity contribution in [1.29, 1.82) is 4.78 Å². The Labute approximate surface area is 114 Å². The third-order valence-electron chi connectivity index (χ3n) is 2.56. The summed E-state index contributed by atoms with van der Waals surface area (Å²) in [7, 11) is -0.837. The molecule has 0 saturated heterocycles. The van der Waals surface area contributed by atoms with Crippen molar-refractivity contribution in [2.75, 3.05) is 19.8 Å². The minimum Gasteiger partial charge on any atom is -0.366 e. The Hall–Kier alpha value is -1.07. The molecule has 4 nitrogen and oxygen atoms in total. The first-order chi connectivity index (χ1) is 8.25. The van der Waals surface area contributed by atoms with E-state index in [0.29, 0.717) is 15.6 Å². The Morgan fingerprint density at radius 3 is 2.67 bits per heavy atom. The number of halogens is 1. The summed E-state index contributed by atoms with van der Waals surface area (Å²) >= 11 is 6.09. The minimum atomic E-state index is -2.76. The summed E-state index contributed by atoms with van der Waals surface area (Å²) < 4.78 is 19.3. The zero-order valence-electron chi connectivity index (χ0n) is 11.0. The first kappa shape index (κ1) is 15.0. The smallest absolute Gasteiger partial charge is 0.0910 e. The lowest BCUT2D eigenvalue weighted by Crippen LogP contribution is -2.14. The Morgan fingerprint density at radius 1 is 1.56 bits per heavy atom. The lowest BCUT2D eigenvalue weighted by Gasteiger charge is -2.11. The van der Waals surface area contributed by atoms with Crippen molar-refractivity contribution < 1.29 is 4.21 Å². The van der Waals surface area contributed by atoms with Crippen LogP contribution in [0.4, 0.5) is 5.69 Å². The van der Waals surface area contributed by atoms with Crippen LogP contribution < -0.4 is 0 Å². The van der Waals surface area contributed by atoms with Gasteiger partial charge in [-0.25, -0.2) is 14.0 Å². The molecule has 0 spiro atoms. The SMILES string of the molecule is CCN(C)/C=N\c1cc(C)c(S(C)(=N)=O)cc1Cl. The highest BCUT2D eigenvalue weighted by Gasteiger charge is 2.11. The number of rotatable bonds is 4. The van der Waals surface area contributed by atoms with Crippen LogP contribution in [0.5, 0.6) is 0 Å². The van der Waals surface area contributed by atoms with E-state index in [-0.39, 0.29) is 0 Å². The van der Waals surface area contributed by atoms with Crippen molar-refractivity contribution in [2.45, 2.75) is 18.7 Å². The van der Waals surface area contributed by atoms with Crippen LogP contribution in [-0.4, -0.2) is 35.3 Å². The molecule has 1 rings (SSSR count). The standard InChI is InChI=1S/C12H18ClN3OS/c1-5-16(3)8-15-11-6-9(2)12(7-10(11)13)18(4,14)17/h6-8,14H,5H2,1-4H3/b15-8-. The van der Waals surface area contributed by atoms with Crippen LogP contribution in [0.3, 0.4) is 0 Å². The van der Waals surface area contributed by atoms with Gasteiger partial charge in [0.25, 0.3) is 0 Å². The van der Waals surface area contributed by atoms with Crippen molar-refractivity contribution in [3.8, 4) is 0 Å². The van der Waals surface area contributed by atoms with Crippen LogP contribution in [0.2, 0.25) is 5.02 Å². The van der Waals surface area contributed by atoms with E-state index in [1.165, 1.54) is 6.26 Å². The Kier molecular flexibility index (Phi) is 4.76. The highest BCUT2D eigenvalue weighted by atomic mass is 35.5. The van der Waals surface area contributed by atoms with Crippen molar-refractivity contribution in [2.24, 2.45) is 4.99 Å². The molecule has 1 aromatic rings. The number of hydrogen-bond donors (Lipinski definition) is 1. The third kappa shape index (κ3) is 3.71. The molecule has 1 atom stereocenters. The third-order valence-corrected chi connectivity index (χ3v) is 4.14. The van der Waals surface area contributed by atoms with Gasteiger partial charge in [0, 0.05) is 19.8 Å². The average Bonchev–Trinajstić information content (AvgIpc) is 2.27. The van der Waals surface area contributed by atoms with Gasteiger partial charge in [-0.05, 0) is 31.5 Å². The average molecular weight is 288 g/mol. The minimum absolute atomic E-state index is 0.415. The van der Waals surface area contributed by atoms with Gasteiger partial charge in [-0.3, -0.25) is 0 Å². The molecule has 0 saturated carbocycles. The first-order valence-corrected chi connectivity index (χ1v) is 7.88. The molecule has 0 aliphatic carbocycles. The number of aliphatic imine (C=N–C) groups is 1. The monoisotopic (exact) mass is 287 g/mol. The molecule has 1 aromatic carbocycles. The summed E-state index contributed by atoms with van der Waals surface area (Å²) in [6.07, 6.45) is 3.09. The van der Waals surface area contributed by atoms with Crippen LogP contribution in [0.25, 0.3) is 0 Å². The second-order valence-electron chi connectivity index (χ2n) is 4.23. The summed E-state index contributed by atoms with van der Waals surface area (Å²) in [4.78, 5) is 6.67. The van der Waals surface area contributed by atoms with E-state index < -0.39 is 9.73 Å². The van der Waals surface area contributed by atoms with Crippen LogP contribution >= 0.6 is 11.6 Å². The van der Waals surface area contributed by atoms with Gasteiger partial charge in [0.2, 0.25) is 0 Å². The van der Waals surface area contributed by atoms with Gasteiger partial charge < -0.3 is 4.90 Å². The molecular formula is C12H18ClN3OS. The Balaban J connectivity index is 3.20. The molecule has 0 heterocycles. The van der Waals surface area contributed by atoms with E-state index in [0.717, 1.165) is 12.1 Å². The van der Waals surface area contributed by atoms with Crippen LogP contribution in [0.1, 0.15) is 12.5 Å². The zero-order chi connectivity index (χ0) is 13.9. The molecule has 0 fully saturated rings. The van der Waals surface area contributed by atoms with Gasteiger partial charge >= 0.3 is 0 Å². The van der Waals surface area contributed by atoms with E-state index in [1.807, 2.05) is 25.8 Å². The second-order valence-corrected chi connectivity index (χ2v) is 6.76. The fourth-order valence-corrected chi connectivity index (χ4v) is 2.70. The molecule has 0 aliphatic rings. The highest BCUT2D eigenvalue weighted by Crippen LogP contribution is 2.30. The summed E-state index contributed by atoms with van der Waals surface area (Å²) in [5.41, 5.74) is 1.40. The van der Waals surface area contributed by atoms with Crippen molar-refractivity contribution in [3.63, 3.8) is 0 Å². The number of benzene rings is 1. The van der Waals surface area contributed by atoms with Crippen LogP contribution in [0.15, 0.2) is 22.0 Å². The predicted octanol–water partition coefficient (Wildman–Crippen LogP) is 3.30. The van der Waals surface area contributed by atoms with E-state index in [9.17, 15) is 4.21 Å². The quantitative estimate of drug-likeness (QED) is 0.682. The molecular weight excluding hydrogens is 270 g/mol. The van der Waals surface area contributed by atoms with E-state index in [1.54, 1.807) is 18.5 Å². The highest BCUT2D eigenvalue weighted by molar-refractivity contribution is 7.91. The first-order valence-electron chi connectivity index (χ1n) is 5.54. The van der Waals surface area contributed by atoms with E-state index >= 15 is 0 Å². The van der Waals surface area contributed by atoms with Gasteiger partial charge in [-0.15, -0.1) is 0 Å². The molecule has 6 heteroatoms. The Morgan fingerprint density at radius 2 is 2.17 bits per heavy atom. The molecule has 0 aromatic heterocycles. The second kappa shape index (κ2) is 5.71. The molecule has 0 amide bonds. The predicted molar refractivity (Wildman–Crippen MR) is 77.7 cm³/mol. The summed E-state index contributed by atoms with van der Waals surface area (Å²) in [6, 6.07) is 3.33. The van der Waals surface area contributed by atoms with E-state index in [2.05, 4.69) is 4.99 Å². The number of aryl methyl sites for hydroxylation is 1. The van der Waals surface area contributed by atoms with E-state index in [4.69, 9.17) is 16.4 Å². The molecule has 0 bridgehead atoms. The van der Waals surface area contributed by atoms with Crippen LogP contribution in [-0.2, 0) is 9.73 Å². The van der Waals surface area contributed by atoms with Crippen molar-refractivity contribution >= 4 is 33.4 Å². The zero-order valence-corrected chi connectivity index (χ0v) is 12.6. The fraction of sp³-hybridized carbons (Fsp3) is 0.417. The number of hydrogen-bond acceptors (Lipinski definition) is 3. The number of nitrogens with zero attached hydrogens (tertiary/aromatic N) is 2. The fourth-order valence-electron chi connectivity index (χ4n) is 1.41. The van der Waals surface area contributed by atoms with Crippen molar-refractivity contribution in [1.82, 2.24) is 4.90 Å². The Bertz CT molecular complexity index is 567. The van der Waals surface area contributed by atoms with Gasteiger partial charge in [-0.2, -0.15) is 0 Å². The van der Waals surface area contributed by atoms with Gasteiger partial charge in [0.05, 0.1) is 31.7 Å². The topological polar surface area (TPSA) is 56.5 Å². The normalized spacial score (nSPS) is 14.7. The summed E-state index contributed by atoms with van der Waals surface area (Å²) in [5, 5.41) is 0.415. The molecule has 1 N–H and O–H groups in total. The van der Waals surface area contributed by atoms with Crippen LogP contribution in [0, 0.1) is 11.7 Å². The molecule has 100 valence electrons. The molecule has 0 aliphatic heterocycles. The molecule has 18 heavy (non-hydrogen) atoms. The lowest BCUT2D eigenvalue weighted by atomic mass is 10.2. The van der Waals surface area contributed by atoms with Gasteiger partial charge in [0.1, 0.15) is 0 Å².